The van der Waals surface area contributed by atoms with Crippen molar-refractivity contribution >= 4 is 44.0 Å². The number of nitrogens with zero attached hydrogens (tertiary/aromatic N) is 1. The molecule has 0 bridgehead atoms. The Kier molecular flexibility index (Phi) is 5.78. The van der Waals surface area contributed by atoms with Crippen molar-refractivity contribution in [2.75, 3.05) is 0 Å². The van der Waals surface area contributed by atoms with Crippen LogP contribution in [0.5, 0.6) is 0 Å². The molecule has 136 valence electrons. The minimum Gasteiger partial charge on any atom is -0.464 e. The number of aromatic nitrogens is 1. The Labute approximate surface area is 159 Å². The number of rotatable bonds is 7. The molecule has 0 fully saturated rings. The van der Waals surface area contributed by atoms with Gasteiger partial charge in [-0.25, -0.2) is 18.1 Å². The summed E-state index contributed by atoms with van der Waals surface area (Å²) in [5.74, 6) is -1.49. The molecule has 0 aliphatic carbocycles. The van der Waals surface area contributed by atoms with Gasteiger partial charge in [0.15, 0.2) is 0 Å². The second-order valence-electron chi connectivity index (χ2n) is 5.81. The maximum atomic E-state index is 12.4. The zero-order valence-corrected chi connectivity index (χ0v) is 15.9. The largest absolute Gasteiger partial charge is 0.471 e. The summed E-state index contributed by atoms with van der Waals surface area (Å²) in [5.41, 5.74) is 1.67. The van der Waals surface area contributed by atoms with Crippen LogP contribution in [0.4, 0.5) is 0 Å². The molecule has 1 atom stereocenters. The molecule has 0 saturated carbocycles. The van der Waals surface area contributed by atoms with Crippen molar-refractivity contribution in [1.82, 2.24) is 9.71 Å². The monoisotopic (exact) mass is 438 g/mol. The minimum absolute atomic E-state index is 0.0693. The lowest BCUT2D eigenvalue weighted by molar-refractivity contribution is 0.379. The number of nitrogens with one attached hydrogen (secondary N) is 1. The van der Waals surface area contributed by atoms with E-state index in [1.165, 1.54) is 6.26 Å². The molecule has 0 amide bonds. The second kappa shape index (κ2) is 7.89. The molecule has 3 N–H and O–H groups in total. The lowest BCUT2D eigenvalue weighted by atomic mass is 9.77. The van der Waals surface area contributed by atoms with E-state index in [-0.39, 0.29) is 12.2 Å². The van der Waals surface area contributed by atoms with Gasteiger partial charge in [-0.05, 0) is 46.1 Å². The molecule has 3 aromatic rings. The number of fused-ring (bicyclic) bond motifs is 1. The van der Waals surface area contributed by atoms with E-state index in [1.807, 2.05) is 18.2 Å². The summed E-state index contributed by atoms with van der Waals surface area (Å²) in [6.07, 6.45) is 1.56. The van der Waals surface area contributed by atoms with Crippen LogP contribution in [0.25, 0.3) is 11.0 Å². The lowest BCUT2D eigenvalue weighted by Gasteiger charge is -2.17. The summed E-state index contributed by atoms with van der Waals surface area (Å²) in [5, 5.41) is 20.1. The zero-order valence-electron chi connectivity index (χ0n) is 13.5. The van der Waals surface area contributed by atoms with Crippen LogP contribution < -0.4 is 4.72 Å². The normalized spacial score (nSPS) is 13.0. The summed E-state index contributed by atoms with van der Waals surface area (Å²) < 4.78 is 33.1. The van der Waals surface area contributed by atoms with Gasteiger partial charge in [0.25, 0.3) is 0 Å². The van der Waals surface area contributed by atoms with E-state index < -0.39 is 23.1 Å². The lowest BCUT2D eigenvalue weighted by Crippen LogP contribution is -2.48. The van der Waals surface area contributed by atoms with Gasteiger partial charge >= 0.3 is 7.12 Å². The summed E-state index contributed by atoms with van der Waals surface area (Å²) in [6, 6.07) is 12.2. The highest BCUT2D eigenvalue weighted by Crippen LogP contribution is 2.22. The molecule has 7 nitrogen and oxygen atoms in total. The van der Waals surface area contributed by atoms with Crippen molar-refractivity contribution in [2.45, 2.75) is 18.1 Å². The average Bonchev–Trinajstić information content (AvgIpc) is 2.97. The fourth-order valence-corrected chi connectivity index (χ4v) is 4.31. The first kappa shape index (κ1) is 19.1. The first-order valence-electron chi connectivity index (χ1n) is 7.77. The fourth-order valence-electron chi connectivity index (χ4n) is 2.63. The van der Waals surface area contributed by atoms with Crippen molar-refractivity contribution < 1.29 is 22.9 Å². The molecule has 0 saturated heterocycles. The Bertz CT molecular complexity index is 1010. The Hall–Kier alpha value is -1.72. The molecular formula is C16H16BBrN2O5S. The number of pyridine rings is 1. The van der Waals surface area contributed by atoms with Gasteiger partial charge in [0, 0.05) is 5.39 Å². The first-order valence-corrected chi connectivity index (χ1v) is 10.2. The third-order valence-electron chi connectivity index (χ3n) is 3.80. The van der Waals surface area contributed by atoms with Gasteiger partial charge in [-0.15, -0.1) is 0 Å². The number of benzene rings is 1. The average molecular weight is 439 g/mol. The van der Waals surface area contributed by atoms with Crippen molar-refractivity contribution in [2.24, 2.45) is 0 Å². The highest BCUT2D eigenvalue weighted by atomic mass is 79.9. The Morgan fingerprint density at radius 3 is 2.69 bits per heavy atom. The van der Waals surface area contributed by atoms with Gasteiger partial charge in [0.2, 0.25) is 10.0 Å². The zero-order chi connectivity index (χ0) is 18.7. The number of para-hydroxylation sites is 1. The molecule has 1 aromatic carbocycles. The molecule has 0 aliphatic heterocycles. The van der Waals surface area contributed by atoms with Crippen LogP contribution in [0.2, 0.25) is 0 Å². The molecule has 10 heteroatoms. The third-order valence-corrected chi connectivity index (χ3v) is 5.58. The van der Waals surface area contributed by atoms with E-state index in [9.17, 15) is 18.5 Å². The molecule has 0 aliphatic rings. The van der Waals surface area contributed by atoms with E-state index in [0.717, 1.165) is 5.39 Å². The van der Waals surface area contributed by atoms with Crippen LogP contribution >= 0.6 is 15.9 Å². The molecule has 2 aromatic heterocycles. The second-order valence-corrected chi connectivity index (χ2v) is 8.38. The van der Waals surface area contributed by atoms with Crippen molar-refractivity contribution in [1.29, 1.82) is 0 Å². The van der Waals surface area contributed by atoms with E-state index >= 15 is 0 Å². The first-order chi connectivity index (χ1) is 12.3. The molecule has 0 unspecified atom stereocenters. The predicted molar refractivity (Wildman–Crippen MR) is 102 cm³/mol. The van der Waals surface area contributed by atoms with E-state index in [0.29, 0.717) is 21.4 Å². The smallest absolute Gasteiger partial charge is 0.464 e. The van der Waals surface area contributed by atoms with Crippen LogP contribution in [0.15, 0.2) is 57.7 Å². The highest BCUT2D eigenvalue weighted by molar-refractivity contribution is 9.10. The Balaban J connectivity index is 1.77. The van der Waals surface area contributed by atoms with Gasteiger partial charge < -0.3 is 14.5 Å². The molecular weight excluding hydrogens is 423 g/mol. The maximum absolute atomic E-state index is 12.4. The minimum atomic E-state index is -3.84. The van der Waals surface area contributed by atoms with Crippen molar-refractivity contribution in [3.63, 3.8) is 0 Å². The van der Waals surface area contributed by atoms with Crippen LogP contribution in [0.3, 0.4) is 0 Å². The van der Waals surface area contributed by atoms with Crippen LogP contribution in [-0.2, 0) is 22.2 Å². The molecule has 3 rings (SSSR count). The molecule has 0 spiro atoms. The molecule has 2 heterocycles. The SMILES string of the molecule is O=S(=O)(Cc1cccc(Br)n1)N[C@@H](Cc1coc2ccccc12)B(O)O. The summed E-state index contributed by atoms with van der Waals surface area (Å²) >= 11 is 3.19. The van der Waals surface area contributed by atoms with E-state index in [1.54, 1.807) is 24.3 Å². The van der Waals surface area contributed by atoms with Gasteiger partial charge in [-0.2, -0.15) is 0 Å². The standard InChI is InChI=1S/C16H16BBrN2O5S/c18-16-7-3-4-12(19-16)10-26(23,24)20-15(17(21)22)8-11-9-25-14-6-2-1-5-13(11)14/h1-7,9,15,20-22H,8,10H2/t15-/m0/s1. The number of halogens is 1. The summed E-state index contributed by atoms with van der Waals surface area (Å²) in [4.78, 5) is 4.08. The van der Waals surface area contributed by atoms with Crippen molar-refractivity contribution in [3.8, 4) is 0 Å². The van der Waals surface area contributed by atoms with Crippen LogP contribution in [0.1, 0.15) is 11.3 Å². The number of sulfonamides is 1. The van der Waals surface area contributed by atoms with E-state index in [2.05, 4.69) is 25.6 Å². The van der Waals surface area contributed by atoms with Gasteiger partial charge in [-0.1, -0.05) is 24.3 Å². The third kappa shape index (κ3) is 4.71. The highest BCUT2D eigenvalue weighted by Gasteiger charge is 2.29. The fraction of sp³-hybridized carbons (Fsp3) is 0.188. The number of furan rings is 1. The summed E-state index contributed by atoms with van der Waals surface area (Å²) in [6.45, 7) is 0. The van der Waals surface area contributed by atoms with Crippen LogP contribution in [-0.4, -0.2) is 36.5 Å². The Morgan fingerprint density at radius 1 is 1.19 bits per heavy atom. The van der Waals surface area contributed by atoms with Crippen molar-refractivity contribution in [3.05, 3.63) is 64.6 Å². The molecule has 0 radical (unpaired) electrons. The van der Waals surface area contributed by atoms with Crippen LogP contribution in [0, 0.1) is 0 Å². The number of hydrogen-bond acceptors (Lipinski definition) is 6. The molecule has 26 heavy (non-hydrogen) atoms. The number of hydrogen-bond donors (Lipinski definition) is 3. The topological polar surface area (TPSA) is 113 Å². The van der Waals surface area contributed by atoms with Gasteiger partial charge in [0.05, 0.1) is 17.9 Å². The maximum Gasteiger partial charge on any atom is 0.471 e. The quantitative estimate of drug-likeness (QED) is 0.381. The summed E-state index contributed by atoms with van der Waals surface area (Å²) in [7, 11) is -5.70. The predicted octanol–water partition coefficient (Wildman–Crippen LogP) is 1.63. The Morgan fingerprint density at radius 2 is 1.96 bits per heavy atom. The van der Waals surface area contributed by atoms with Gasteiger partial charge in [-0.3, -0.25) is 0 Å². The van der Waals surface area contributed by atoms with Gasteiger partial charge in [0.1, 0.15) is 15.9 Å². The van der Waals surface area contributed by atoms with E-state index in [4.69, 9.17) is 4.42 Å².